The summed E-state index contributed by atoms with van der Waals surface area (Å²) in [5.41, 5.74) is 0. The number of hydrogen-bond acceptors (Lipinski definition) is 1. The van der Waals surface area contributed by atoms with Crippen LogP contribution in [0.3, 0.4) is 0 Å². The van der Waals surface area contributed by atoms with Gasteiger partial charge in [-0.2, -0.15) is 0 Å². The molecule has 1 rings (SSSR count). The minimum Gasteiger partial charge on any atom is -0.299 e. The summed E-state index contributed by atoms with van der Waals surface area (Å²) in [6.07, 6.45) is 10.9. The first-order chi connectivity index (χ1) is 5.34. The largest absolute Gasteiger partial charge is 0.299 e. The van der Waals surface area contributed by atoms with Crippen LogP contribution in [-0.2, 0) is 4.79 Å². The van der Waals surface area contributed by atoms with Crippen LogP contribution in [-0.4, -0.2) is 5.78 Å². The van der Waals surface area contributed by atoms with Crippen LogP contribution < -0.4 is 0 Å². The molecule has 1 heteroatoms. The summed E-state index contributed by atoms with van der Waals surface area (Å²) in [6, 6.07) is 0. The molecule has 0 atom stereocenters. The molecule has 0 aromatic carbocycles. The average molecular weight is 148 g/mol. The normalized spacial score (nSPS) is 15.6. The lowest BCUT2D eigenvalue weighted by Crippen LogP contribution is -2.06. The Morgan fingerprint density at radius 1 is 1.45 bits per heavy atom. The summed E-state index contributed by atoms with van der Waals surface area (Å²) in [5.74, 6) is 0.324. The second-order valence-corrected chi connectivity index (χ2v) is 2.59. The number of carbonyl (C=O) groups is 1. The Hall–Kier alpha value is -1.11. The fraction of sp³-hybridized carbons (Fsp3) is 0.300. The molecule has 58 valence electrons. The van der Waals surface area contributed by atoms with E-state index in [4.69, 9.17) is 0 Å². The third-order valence-corrected chi connectivity index (χ3v) is 1.71. The molecule has 0 heterocycles. The topological polar surface area (TPSA) is 17.1 Å². The summed E-state index contributed by atoms with van der Waals surface area (Å²) in [4.78, 5) is 11.3. The molecule has 1 aliphatic rings. The molecular formula is C10H12O. The molecule has 1 nitrogen and oxygen atoms in total. The van der Waals surface area contributed by atoms with E-state index in [-0.39, 0.29) is 11.7 Å². The molecular weight excluding hydrogens is 136 g/mol. The molecule has 0 N–H and O–H groups in total. The van der Waals surface area contributed by atoms with Gasteiger partial charge >= 0.3 is 0 Å². The Balaban J connectivity index is 2.35. The van der Waals surface area contributed by atoms with E-state index in [1.54, 1.807) is 6.08 Å². The minimum atomic E-state index is 0.0370. The second kappa shape index (κ2) is 3.91. The van der Waals surface area contributed by atoms with E-state index in [0.717, 1.165) is 6.42 Å². The van der Waals surface area contributed by atoms with Gasteiger partial charge in [0.15, 0.2) is 0 Å². The summed E-state index contributed by atoms with van der Waals surface area (Å²) in [6.45, 7) is 3.57. The van der Waals surface area contributed by atoms with Crippen LogP contribution in [0.4, 0.5) is 0 Å². The third-order valence-electron chi connectivity index (χ3n) is 1.71. The number of ketones is 1. The molecule has 0 radical (unpaired) electrons. The van der Waals surface area contributed by atoms with E-state index >= 15 is 0 Å². The molecule has 0 spiro atoms. The highest BCUT2D eigenvalue weighted by molar-refractivity contribution is 5.85. The maximum absolute atomic E-state index is 11.3. The maximum Gasteiger partial charge on any atom is 0.143 e. The Bertz CT molecular complexity index is 199. The molecule has 1 aliphatic carbocycles. The number of hydrogen-bond donors (Lipinski definition) is 0. The van der Waals surface area contributed by atoms with Gasteiger partial charge in [0.05, 0.1) is 5.92 Å². The van der Waals surface area contributed by atoms with Gasteiger partial charge in [0, 0.05) is 6.42 Å². The van der Waals surface area contributed by atoms with Crippen molar-refractivity contribution in [1.82, 2.24) is 0 Å². The van der Waals surface area contributed by atoms with Crippen LogP contribution in [0.2, 0.25) is 0 Å². The molecule has 0 saturated heterocycles. The van der Waals surface area contributed by atoms with Gasteiger partial charge in [-0.05, 0) is 6.42 Å². The average Bonchev–Trinajstić information content (AvgIpc) is 2.52. The fourth-order valence-electron chi connectivity index (χ4n) is 1.06. The molecule has 0 saturated carbocycles. The molecule has 0 aromatic rings. The van der Waals surface area contributed by atoms with E-state index in [0.29, 0.717) is 6.42 Å². The van der Waals surface area contributed by atoms with Gasteiger partial charge < -0.3 is 0 Å². The molecule has 0 bridgehead atoms. The van der Waals surface area contributed by atoms with Crippen LogP contribution in [0.5, 0.6) is 0 Å². The van der Waals surface area contributed by atoms with Crippen LogP contribution in [0.25, 0.3) is 0 Å². The third kappa shape index (κ3) is 2.19. The quantitative estimate of drug-likeness (QED) is 0.559. The van der Waals surface area contributed by atoms with Gasteiger partial charge in [-0.25, -0.2) is 0 Å². The van der Waals surface area contributed by atoms with E-state index in [2.05, 4.69) is 6.58 Å². The van der Waals surface area contributed by atoms with Crippen molar-refractivity contribution < 1.29 is 4.79 Å². The SMILES string of the molecule is C=CCCC(=O)C1C=CC=C1. The second-order valence-electron chi connectivity index (χ2n) is 2.59. The zero-order valence-electron chi connectivity index (χ0n) is 6.49. The molecule has 0 aliphatic heterocycles. The number of allylic oxidation sites excluding steroid dienone is 5. The number of carbonyl (C=O) groups excluding carboxylic acids is 1. The molecule has 11 heavy (non-hydrogen) atoms. The first-order valence-corrected chi connectivity index (χ1v) is 3.83. The summed E-state index contributed by atoms with van der Waals surface area (Å²) in [7, 11) is 0. The van der Waals surface area contributed by atoms with Crippen molar-refractivity contribution in [2.24, 2.45) is 5.92 Å². The summed E-state index contributed by atoms with van der Waals surface area (Å²) >= 11 is 0. The number of Topliss-reactive ketones (excluding diaryl/α,β-unsaturated/α-hetero) is 1. The highest BCUT2D eigenvalue weighted by Gasteiger charge is 2.12. The lowest BCUT2D eigenvalue weighted by atomic mass is 10.0. The smallest absolute Gasteiger partial charge is 0.143 e. The fourth-order valence-corrected chi connectivity index (χ4v) is 1.06. The van der Waals surface area contributed by atoms with Crippen LogP contribution in [0, 0.1) is 5.92 Å². The van der Waals surface area contributed by atoms with Crippen molar-refractivity contribution >= 4 is 5.78 Å². The van der Waals surface area contributed by atoms with Crippen molar-refractivity contribution in [1.29, 1.82) is 0 Å². The Morgan fingerprint density at radius 3 is 2.64 bits per heavy atom. The van der Waals surface area contributed by atoms with Gasteiger partial charge in [-0.3, -0.25) is 4.79 Å². The van der Waals surface area contributed by atoms with Gasteiger partial charge in [0.25, 0.3) is 0 Å². The van der Waals surface area contributed by atoms with Gasteiger partial charge in [-0.15, -0.1) is 6.58 Å². The van der Waals surface area contributed by atoms with E-state index in [1.807, 2.05) is 24.3 Å². The first-order valence-electron chi connectivity index (χ1n) is 3.83. The number of rotatable bonds is 4. The monoisotopic (exact) mass is 148 g/mol. The predicted molar refractivity (Wildman–Crippen MR) is 46.2 cm³/mol. The van der Waals surface area contributed by atoms with E-state index in [1.165, 1.54) is 0 Å². The van der Waals surface area contributed by atoms with Crippen molar-refractivity contribution in [3.63, 3.8) is 0 Å². The highest BCUT2D eigenvalue weighted by Crippen LogP contribution is 2.12. The van der Waals surface area contributed by atoms with Crippen LogP contribution in [0.15, 0.2) is 37.0 Å². The Kier molecular flexibility index (Phi) is 2.84. The van der Waals surface area contributed by atoms with Gasteiger partial charge in [0.2, 0.25) is 0 Å². The summed E-state index contributed by atoms with van der Waals surface area (Å²) < 4.78 is 0. The molecule has 0 unspecified atom stereocenters. The van der Waals surface area contributed by atoms with E-state index < -0.39 is 0 Å². The Morgan fingerprint density at radius 2 is 2.09 bits per heavy atom. The first kappa shape index (κ1) is 7.99. The lowest BCUT2D eigenvalue weighted by Gasteiger charge is -2.00. The van der Waals surface area contributed by atoms with Crippen molar-refractivity contribution in [2.45, 2.75) is 12.8 Å². The maximum atomic E-state index is 11.3. The van der Waals surface area contributed by atoms with Crippen LogP contribution >= 0.6 is 0 Å². The lowest BCUT2D eigenvalue weighted by molar-refractivity contribution is -0.120. The Labute approximate surface area is 67.1 Å². The van der Waals surface area contributed by atoms with Crippen molar-refractivity contribution in [2.75, 3.05) is 0 Å². The summed E-state index contributed by atoms with van der Waals surface area (Å²) in [5, 5.41) is 0. The van der Waals surface area contributed by atoms with Crippen molar-refractivity contribution in [3.8, 4) is 0 Å². The predicted octanol–water partition coefficient (Wildman–Crippen LogP) is 2.26. The zero-order chi connectivity index (χ0) is 8.10. The highest BCUT2D eigenvalue weighted by atomic mass is 16.1. The van der Waals surface area contributed by atoms with Gasteiger partial charge in [-0.1, -0.05) is 30.4 Å². The molecule has 0 aromatic heterocycles. The standard InChI is InChI=1S/C10H12O/c1-2-3-8-10(11)9-6-4-5-7-9/h2,4-7,9H,1,3,8H2. The van der Waals surface area contributed by atoms with Crippen LogP contribution in [0.1, 0.15) is 12.8 Å². The zero-order valence-corrected chi connectivity index (χ0v) is 6.49. The van der Waals surface area contributed by atoms with Crippen molar-refractivity contribution in [3.05, 3.63) is 37.0 Å². The van der Waals surface area contributed by atoms with Gasteiger partial charge in [0.1, 0.15) is 5.78 Å². The molecule has 0 amide bonds. The molecule has 0 fully saturated rings. The van der Waals surface area contributed by atoms with E-state index in [9.17, 15) is 4.79 Å². The minimum absolute atomic E-state index is 0.0370.